The molecule has 0 radical (unpaired) electrons. The molecule has 6 aromatic carbocycles. The molecule has 0 atom stereocenters. The molecule has 0 aliphatic carbocycles. The van der Waals surface area contributed by atoms with Gasteiger partial charge in [0, 0.05) is 56.0 Å². The van der Waals surface area contributed by atoms with Crippen LogP contribution in [0.5, 0.6) is 0 Å². The summed E-state index contributed by atoms with van der Waals surface area (Å²) in [5.41, 5.74) is 10.2. The van der Waals surface area contributed by atoms with Crippen molar-refractivity contribution in [2.24, 2.45) is 0 Å². The van der Waals surface area contributed by atoms with Crippen molar-refractivity contribution in [3.63, 3.8) is 0 Å². The van der Waals surface area contributed by atoms with Crippen molar-refractivity contribution in [2.75, 3.05) is 0 Å². The van der Waals surface area contributed by atoms with E-state index >= 15 is 0 Å². The second-order valence-corrected chi connectivity index (χ2v) is 12.4. The summed E-state index contributed by atoms with van der Waals surface area (Å²) >= 11 is 0. The first-order valence-corrected chi connectivity index (χ1v) is 16.1. The molecule has 0 spiro atoms. The van der Waals surface area contributed by atoms with Crippen LogP contribution >= 0.6 is 0 Å². The molecule has 0 saturated carbocycles. The van der Waals surface area contributed by atoms with Gasteiger partial charge in [0.25, 0.3) is 0 Å². The predicted octanol–water partition coefficient (Wildman–Crippen LogP) is 11.6. The highest BCUT2D eigenvalue weighted by Gasteiger charge is 2.18. The number of nitrogens with zero attached hydrogens (tertiary/aromatic N) is 3. The Balaban J connectivity index is 1.10. The lowest BCUT2D eigenvalue weighted by atomic mass is 9.99. The number of rotatable bonds is 3. The topological polar surface area (TPSA) is 48.5 Å². The van der Waals surface area contributed by atoms with E-state index in [1.54, 1.807) is 0 Å². The van der Waals surface area contributed by atoms with Crippen molar-refractivity contribution in [1.82, 2.24) is 14.0 Å². The number of fused-ring (bicyclic) bond motifs is 12. The minimum Gasteiger partial charge on any atom is -0.456 e. The van der Waals surface area contributed by atoms with Crippen molar-refractivity contribution >= 4 is 71.3 Å². The summed E-state index contributed by atoms with van der Waals surface area (Å²) in [5.74, 6) is 0.804. The lowest BCUT2D eigenvalue weighted by Gasteiger charge is -2.11. The molecule has 224 valence electrons. The largest absolute Gasteiger partial charge is 0.456 e. The number of imidazole rings is 1. The molecule has 5 nitrogen and oxygen atoms in total. The van der Waals surface area contributed by atoms with Crippen LogP contribution in [0.3, 0.4) is 0 Å². The minimum atomic E-state index is 0.776. The summed E-state index contributed by atoms with van der Waals surface area (Å²) in [6, 6.07) is 49.3. The number of aromatic nitrogens is 3. The van der Waals surface area contributed by atoms with Gasteiger partial charge in [0.1, 0.15) is 22.6 Å². The molecule has 0 aliphatic rings. The summed E-state index contributed by atoms with van der Waals surface area (Å²) in [5, 5.41) is 7.92. The van der Waals surface area contributed by atoms with Crippen LogP contribution < -0.4 is 0 Å². The van der Waals surface area contributed by atoms with Crippen molar-refractivity contribution in [2.45, 2.75) is 0 Å². The molecule has 0 unspecified atom stereocenters. The molecule has 11 aromatic rings. The van der Waals surface area contributed by atoms with Crippen molar-refractivity contribution < 1.29 is 8.83 Å². The van der Waals surface area contributed by atoms with E-state index in [9.17, 15) is 0 Å². The lowest BCUT2D eigenvalue weighted by molar-refractivity contribution is 0.613. The van der Waals surface area contributed by atoms with Crippen LogP contribution in [0.2, 0.25) is 0 Å². The summed E-state index contributed by atoms with van der Waals surface area (Å²) in [4.78, 5) is 4.74. The Bertz CT molecular complexity index is 3030. The van der Waals surface area contributed by atoms with Crippen LogP contribution in [0.15, 0.2) is 161 Å². The van der Waals surface area contributed by atoms with Crippen LogP contribution in [0, 0.1) is 0 Å². The normalized spacial score (nSPS) is 12.2. The van der Waals surface area contributed by atoms with E-state index in [0.717, 1.165) is 77.6 Å². The minimum absolute atomic E-state index is 0.776. The van der Waals surface area contributed by atoms with Crippen molar-refractivity contribution in [3.8, 4) is 28.1 Å². The molecule has 5 heteroatoms. The second-order valence-electron chi connectivity index (χ2n) is 12.4. The fraction of sp³-hybridized carbons (Fsp3) is 0. The first kappa shape index (κ1) is 25.6. The van der Waals surface area contributed by atoms with Gasteiger partial charge in [-0.2, -0.15) is 0 Å². The van der Waals surface area contributed by atoms with Gasteiger partial charge >= 0.3 is 0 Å². The van der Waals surface area contributed by atoms with Gasteiger partial charge in [-0.25, -0.2) is 4.98 Å². The van der Waals surface area contributed by atoms with Crippen LogP contribution in [0.1, 0.15) is 0 Å². The molecule has 0 bridgehead atoms. The first-order chi connectivity index (χ1) is 23.8. The van der Waals surface area contributed by atoms with E-state index in [0.29, 0.717) is 0 Å². The third kappa shape index (κ3) is 3.53. The fourth-order valence-corrected chi connectivity index (χ4v) is 7.61. The monoisotopic (exact) mass is 615 g/mol. The number of furan rings is 2. The average Bonchev–Trinajstić information content (AvgIpc) is 3.94. The average molecular weight is 616 g/mol. The molecular formula is C43H25N3O2. The van der Waals surface area contributed by atoms with Crippen LogP contribution in [0.4, 0.5) is 0 Å². The van der Waals surface area contributed by atoms with Crippen molar-refractivity contribution in [1.29, 1.82) is 0 Å². The third-order valence-electron chi connectivity index (χ3n) is 9.80. The van der Waals surface area contributed by atoms with Gasteiger partial charge in [-0.15, -0.1) is 0 Å². The van der Waals surface area contributed by atoms with E-state index < -0.39 is 0 Å². The highest BCUT2D eigenvalue weighted by atomic mass is 16.3. The highest BCUT2D eigenvalue weighted by molar-refractivity contribution is 6.13. The molecule has 5 heterocycles. The Hall–Kier alpha value is -6.59. The maximum Gasteiger partial charge on any atom is 0.213 e. The SMILES string of the molecule is c1cc(-c2ccc3c(c2)c2cc(-c4ccc5oc6ccccc6c5c4)oc2n2ccnc32)cc(-n2c3ccccc3c3ccccc32)c1. The molecule has 0 saturated heterocycles. The van der Waals surface area contributed by atoms with E-state index in [2.05, 4.69) is 124 Å². The molecule has 0 N–H and O–H groups in total. The summed E-state index contributed by atoms with van der Waals surface area (Å²) in [6.07, 6.45) is 3.81. The number of pyridine rings is 1. The van der Waals surface area contributed by atoms with Gasteiger partial charge < -0.3 is 13.4 Å². The second kappa shape index (κ2) is 9.47. The molecule has 0 fully saturated rings. The summed E-state index contributed by atoms with van der Waals surface area (Å²) < 4.78 is 17.2. The van der Waals surface area contributed by atoms with Gasteiger partial charge in [0.15, 0.2) is 0 Å². The highest BCUT2D eigenvalue weighted by Crippen LogP contribution is 2.39. The number of hydrogen-bond acceptors (Lipinski definition) is 3. The summed E-state index contributed by atoms with van der Waals surface area (Å²) in [6.45, 7) is 0. The zero-order valence-electron chi connectivity index (χ0n) is 25.6. The Morgan fingerprint density at radius 1 is 0.458 bits per heavy atom. The number of benzene rings is 6. The standard InChI is InChI=1S/C43H25N3O2/c1-4-13-37-30(10-1)31-11-2-5-14-38(31)46(37)29-9-7-8-26(22-29)27-16-18-33-34(23-27)36-25-41(48-43(36)45-21-20-44-42(33)45)28-17-19-40-35(24-28)32-12-3-6-15-39(32)47-40/h1-25H. The van der Waals surface area contributed by atoms with E-state index in [-0.39, 0.29) is 0 Å². The molecule has 0 amide bonds. The maximum absolute atomic E-state index is 6.66. The van der Waals surface area contributed by atoms with E-state index in [1.807, 2.05) is 36.7 Å². The predicted molar refractivity (Wildman–Crippen MR) is 195 cm³/mol. The Morgan fingerprint density at radius 3 is 2.02 bits per heavy atom. The molecule has 48 heavy (non-hydrogen) atoms. The van der Waals surface area contributed by atoms with Crippen LogP contribution in [-0.4, -0.2) is 14.0 Å². The van der Waals surface area contributed by atoms with Gasteiger partial charge in [0.2, 0.25) is 5.71 Å². The smallest absolute Gasteiger partial charge is 0.213 e. The third-order valence-corrected chi connectivity index (χ3v) is 9.80. The summed E-state index contributed by atoms with van der Waals surface area (Å²) in [7, 11) is 0. The number of hydrogen-bond donors (Lipinski definition) is 0. The van der Waals surface area contributed by atoms with Crippen LogP contribution in [-0.2, 0) is 0 Å². The zero-order chi connectivity index (χ0) is 31.3. The van der Waals surface area contributed by atoms with Gasteiger partial charge in [-0.3, -0.25) is 4.40 Å². The Morgan fingerprint density at radius 2 is 1.17 bits per heavy atom. The molecule has 11 rings (SSSR count). The molecule has 5 aromatic heterocycles. The van der Waals surface area contributed by atoms with E-state index in [1.165, 1.54) is 21.8 Å². The van der Waals surface area contributed by atoms with Gasteiger partial charge in [-0.1, -0.05) is 72.8 Å². The first-order valence-electron chi connectivity index (χ1n) is 16.1. The Labute approximate surface area is 273 Å². The zero-order valence-corrected chi connectivity index (χ0v) is 25.6. The molecular weight excluding hydrogens is 590 g/mol. The number of para-hydroxylation sites is 3. The van der Waals surface area contributed by atoms with Crippen LogP contribution in [0.25, 0.3) is 99.4 Å². The Kier molecular flexibility index (Phi) is 5.05. The quantitative estimate of drug-likeness (QED) is 0.199. The van der Waals surface area contributed by atoms with Crippen molar-refractivity contribution in [3.05, 3.63) is 152 Å². The molecule has 0 aliphatic heterocycles. The lowest BCUT2D eigenvalue weighted by Crippen LogP contribution is -1.94. The van der Waals surface area contributed by atoms with E-state index in [4.69, 9.17) is 13.8 Å². The van der Waals surface area contributed by atoms with Gasteiger partial charge in [-0.05, 0) is 83.2 Å². The maximum atomic E-state index is 6.66. The fourth-order valence-electron chi connectivity index (χ4n) is 7.61. The van der Waals surface area contributed by atoms with Gasteiger partial charge in [0.05, 0.1) is 11.0 Å².